The summed E-state index contributed by atoms with van der Waals surface area (Å²) in [6.07, 6.45) is 1.51. The summed E-state index contributed by atoms with van der Waals surface area (Å²) < 4.78 is 57.1. The van der Waals surface area contributed by atoms with Crippen LogP contribution in [0.5, 0.6) is 11.5 Å². The molecule has 0 radical (unpaired) electrons. The van der Waals surface area contributed by atoms with Gasteiger partial charge in [0.05, 0.1) is 6.67 Å². The van der Waals surface area contributed by atoms with Crippen LogP contribution in [0.3, 0.4) is 0 Å². The zero-order valence-corrected chi connectivity index (χ0v) is 22.1. The average Bonchev–Trinajstić information content (AvgIpc) is 3.34. The van der Waals surface area contributed by atoms with E-state index in [4.69, 9.17) is 4.74 Å². The summed E-state index contributed by atoms with van der Waals surface area (Å²) in [6, 6.07) is 19.6. The van der Waals surface area contributed by atoms with Crippen molar-refractivity contribution in [1.29, 1.82) is 0 Å². The van der Waals surface area contributed by atoms with Crippen LogP contribution in [0.25, 0.3) is 11.1 Å². The molecule has 0 amide bonds. The average molecular weight is 562 g/mol. The third-order valence-corrected chi connectivity index (χ3v) is 8.45. The predicted molar refractivity (Wildman–Crippen MR) is 146 cm³/mol. The molecule has 3 aromatic rings. The fourth-order valence-corrected chi connectivity index (χ4v) is 6.59. The number of fused-ring (bicyclic) bond motifs is 1. The van der Waals surface area contributed by atoms with E-state index in [0.29, 0.717) is 12.2 Å². The molecule has 1 atom stereocenters. The summed E-state index contributed by atoms with van der Waals surface area (Å²) in [4.78, 5) is 3.32. The summed E-state index contributed by atoms with van der Waals surface area (Å²) in [6.45, 7) is 2.13. The van der Waals surface area contributed by atoms with Crippen molar-refractivity contribution in [2.45, 2.75) is 34.2 Å². The fourth-order valence-electron chi connectivity index (χ4n) is 4.91. The minimum atomic E-state index is -4.33. The molecule has 0 aromatic heterocycles. The zero-order chi connectivity index (χ0) is 26.7. The molecule has 38 heavy (non-hydrogen) atoms. The molecule has 2 aliphatic heterocycles. The van der Waals surface area contributed by atoms with Crippen LogP contribution in [0.2, 0.25) is 0 Å². The van der Waals surface area contributed by atoms with E-state index in [9.17, 15) is 22.7 Å². The highest BCUT2D eigenvalue weighted by Crippen LogP contribution is 2.46. The number of thioether (sulfide) groups is 2. The van der Waals surface area contributed by atoms with Crippen LogP contribution in [0, 0.1) is 0 Å². The molecule has 1 fully saturated rings. The van der Waals surface area contributed by atoms with Gasteiger partial charge in [0.25, 0.3) is 0 Å². The van der Waals surface area contributed by atoms with Crippen LogP contribution in [0.15, 0.2) is 76.5 Å². The Hall–Kier alpha value is -2.62. The number of benzene rings is 3. The maximum absolute atomic E-state index is 12.8. The molecule has 9 heteroatoms. The van der Waals surface area contributed by atoms with Gasteiger partial charge in [0, 0.05) is 35.2 Å². The number of hydrogen-bond acceptors (Lipinski definition) is 5. The van der Waals surface area contributed by atoms with Gasteiger partial charge in [-0.2, -0.15) is 13.2 Å². The number of phenolic OH excluding ortho intramolecular Hbond substituents is 1. The number of ether oxygens (including phenoxy) is 1. The van der Waals surface area contributed by atoms with Crippen LogP contribution < -0.4 is 4.74 Å². The van der Waals surface area contributed by atoms with Gasteiger partial charge in [0.15, 0.2) is 0 Å². The summed E-state index contributed by atoms with van der Waals surface area (Å²) in [5.41, 5.74) is 0.463. The van der Waals surface area contributed by atoms with Gasteiger partial charge >= 0.3 is 5.51 Å². The van der Waals surface area contributed by atoms with Gasteiger partial charge in [-0.1, -0.05) is 24.3 Å². The van der Waals surface area contributed by atoms with E-state index in [2.05, 4.69) is 4.90 Å². The maximum Gasteiger partial charge on any atom is 0.446 e. The highest BCUT2D eigenvalue weighted by molar-refractivity contribution is 8.00. The number of phenols is 1. The molecule has 3 nitrogen and oxygen atoms in total. The zero-order valence-electron chi connectivity index (χ0n) is 20.5. The minimum absolute atomic E-state index is 0.0677. The van der Waals surface area contributed by atoms with Crippen LogP contribution in [-0.2, 0) is 0 Å². The van der Waals surface area contributed by atoms with E-state index in [1.54, 1.807) is 36.0 Å². The van der Waals surface area contributed by atoms with Gasteiger partial charge in [-0.15, -0.1) is 11.8 Å². The first-order chi connectivity index (χ1) is 18.3. The second-order valence-corrected chi connectivity index (χ2v) is 11.4. The Morgan fingerprint density at radius 1 is 1.00 bits per heavy atom. The second kappa shape index (κ2) is 11.6. The Morgan fingerprint density at radius 2 is 1.74 bits per heavy atom. The lowest BCUT2D eigenvalue weighted by atomic mass is 9.89. The largest absolute Gasteiger partial charge is 0.508 e. The summed E-state index contributed by atoms with van der Waals surface area (Å²) in [7, 11) is 0. The van der Waals surface area contributed by atoms with E-state index in [1.807, 2.05) is 30.3 Å². The first-order valence-corrected chi connectivity index (χ1v) is 14.2. The SMILES string of the molecule is Oc1ccc2c(c1)SCC(c1ccc(SC(F)(F)F)cc1)=C2c1ccc(OC2CCN(CCCF)C2)cc1. The molecule has 3 aromatic carbocycles. The Kier molecular flexibility index (Phi) is 8.26. The van der Waals surface area contributed by atoms with E-state index in [1.165, 1.54) is 12.1 Å². The number of rotatable bonds is 8. The van der Waals surface area contributed by atoms with E-state index < -0.39 is 5.51 Å². The molecule has 1 N–H and O–H groups in total. The maximum atomic E-state index is 12.8. The van der Waals surface area contributed by atoms with Gasteiger partial charge in [-0.05, 0) is 94.9 Å². The Morgan fingerprint density at radius 3 is 2.45 bits per heavy atom. The van der Waals surface area contributed by atoms with Crippen molar-refractivity contribution in [2.24, 2.45) is 0 Å². The fraction of sp³-hybridized carbons (Fsp3) is 0.310. The lowest BCUT2D eigenvalue weighted by Gasteiger charge is -2.24. The van der Waals surface area contributed by atoms with E-state index in [-0.39, 0.29) is 35.2 Å². The lowest BCUT2D eigenvalue weighted by Crippen LogP contribution is -2.26. The smallest absolute Gasteiger partial charge is 0.446 e. The highest BCUT2D eigenvalue weighted by Gasteiger charge is 2.29. The summed E-state index contributed by atoms with van der Waals surface area (Å²) in [5.74, 6) is 1.57. The summed E-state index contributed by atoms with van der Waals surface area (Å²) >= 11 is 1.47. The van der Waals surface area contributed by atoms with E-state index >= 15 is 0 Å². The van der Waals surface area contributed by atoms with Gasteiger partial charge in [0.1, 0.15) is 17.6 Å². The number of alkyl halides is 4. The van der Waals surface area contributed by atoms with Crippen molar-refractivity contribution < 1.29 is 27.4 Å². The number of likely N-dealkylation sites (tertiary alicyclic amines) is 1. The lowest BCUT2D eigenvalue weighted by molar-refractivity contribution is -0.0328. The van der Waals surface area contributed by atoms with E-state index in [0.717, 1.165) is 64.5 Å². The quantitative estimate of drug-likeness (QED) is 0.223. The molecular formula is C29H27F4NO2S2. The topological polar surface area (TPSA) is 32.7 Å². The first kappa shape index (κ1) is 27.0. The Labute approximate surface area is 227 Å². The van der Waals surface area contributed by atoms with Crippen molar-refractivity contribution in [2.75, 3.05) is 32.1 Å². The van der Waals surface area contributed by atoms with Crippen LogP contribution in [0.4, 0.5) is 17.6 Å². The van der Waals surface area contributed by atoms with Gasteiger partial charge < -0.3 is 9.84 Å². The standard InChI is InChI=1S/C29H27F4NO2S2/c30-13-1-14-34-15-12-23(17-34)36-22-7-2-20(3-8-22)28-25-11-6-21(35)16-27(25)37-18-26(28)19-4-9-24(10-5-19)38-29(31,32)33/h2-11,16,23,35H,1,12-15,17-18H2. The number of halogens is 4. The third kappa shape index (κ3) is 6.50. The second-order valence-electron chi connectivity index (χ2n) is 9.29. The van der Waals surface area contributed by atoms with Crippen LogP contribution in [0.1, 0.15) is 29.5 Å². The number of nitrogens with zero attached hydrogens (tertiary/aromatic N) is 1. The van der Waals surface area contributed by atoms with Crippen molar-refractivity contribution in [3.8, 4) is 11.5 Å². The van der Waals surface area contributed by atoms with Crippen molar-refractivity contribution in [1.82, 2.24) is 4.90 Å². The van der Waals surface area contributed by atoms with Gasteiger partial charge in [-0.25, -0.2) is 0 Å². The number of aromatic hydroxyl groups is 1. The van der Waals surface area contributed by atoms with Gasteiger partial charge in [-0.3, -0.25) is 9.29 Å². The third-order valence-electron chi connectivity index (χ3n) is 6.63. The normalized spacial score (nSPS) is 18.1. The van der Waals surface area contributed by atoms with Crippen molar-refractivity contribution in [3.63, 3.8) is 0 Å². The molecule has 1 unspecified atom stereocenters. The first-order valence-electron chi connectivity index (χ1n) is 12.4. The monoisotopic (exact) mass is 561 g/mol. The highest BCUT2D eigenvalue weighted by atomic mass is 32.2. The molecular weight excluding hydrogens is 534 g/mol. The predicted octanol–water partition coefficient (Wildman–Crippen LogP) is 7.88. The Balaban J connectivity index is 1.43. The van der Waals surface area contributed by atoms with Crippen molar-refractivity contribution >= 4 is 34.7 Å². The molecule has 0 saturated carbocycles. The molecule has 2 aliphatic rings. The van der Waals surface area contributed by atoms with Crippen LogP contribution >= 0.6 is 23.5 Å². The number of hydrogen-bond donors (Lipinski definition) is 1. The molecule has 0 bridgehead atoms. The molecule has 1 saturated heterocycles. The summed E-state index contributed by atoms with van der Waals surface area (Å²) in [5, 5.41) is 10.0. The van der Waals surface area contributed by atoms with Crippen molar-refractivity contribution in [3.05, 3.63) is 83.4 Å². The van der Waals surface area contributed by atoms with Gasteiger partial charge in [0.2, 0.25) is 0 Å². The Bertz CT molecular complexity index is 1290. The molecule has 200 valence electrons. The molecule has 5 rings (SSSR count). The molecule has 2 heterocycles. The molecule has 0 aliphatic carbocycles. The molecule has 0 spiro atoms. The van der Waals surface area contributed by atoms with Crippen LogP contribution in [-0.4, -0.2) is 53.7 Å². The minimum Gasteiger partial charge on any atom is -0.508 e.